The van der Waals surface area contributed by atoms with Crippen LogP contribution in [0.15, 0.2) is 0 Å². The molecule has 1 aliphatic rings. The molecule has 1 rings (SSSR count). The van der Waals surface area contributed by atoms with Crippen molar-refractivity contribution in [2.45, 2.75) is 78.2 Å². The number of hydrogen-bond donors (Lipinski definition) is 3. The Hall–Kier alpha value is -1.10. The van der Waals surface area contributed by atoms with Gasteiger partial charge in [0, 0.05) is 37.5 Å². The van der Waals surface area contributed by atoms with Crippen molar-refractivity contribution in [3.8, 4) is 0 Å². The average molecular weight is 325 g/mol. The highest BCUT2D eigenvalue weighted by Gasteiger charge is 2.20. The van der Waals surface area contributed by atoms with Gasteiger partial charge in [0.05, 0.1) is 0 Å². The Morgan fingerprint density at radius 3 is 2.17 bits per heavy atom. The average Bonchev–Trinajstić information content (AvgIpc) is 2.75. The molecule has 1 fully saturated rings. The summed E-state index contributed by atoms with van der Waals surface area (Å²) in [7, 11) is 0. The van der Waals surface area contributed by atoms with E-state index >= 15 is 0 Å². The van der Waals surface area contributed by atoms with Crippen LogP contribution in [0.5, 0.6) is 0 Å². The van der Waals surface area contributed by atoms with E-state index in [0.717, 1.165) is 6.54 Å². The maximum absolute atomic E-state index is 11.7. The zero-order valence-corrected chi connectivity index (χ0v) is 15.2. The topological polar surface area (TPSA) is 70.2 Å². The van der Waals surface area contributed by atoms with Crippen molar-refractivity contribution in [2.24, 2.45) is 5.41 Å². The third-order valence-electron chi connectivity index (χ3n) is 4.28. The second-order valence-corrected chi connectivity index (χ2v) is 7.60. The van der Waals surface area contributed by atoms with Crippen LogP contribution in [0.3, 0.4) is 0 Å². The molecule has 2 amide bonds. The lowest BCUT2D eigenvalue weighted by atomic mass is 9.96. The molecule has 1 aliphatic carbocycles. The summed E-state index contributed by atoms with van der Waals surface area (Å²) in [6, 6.07) is 0.627. The van der Waals surface area contributed by atoms with E-state index in [4.69, 9.17) is 0 Å². The van der Waals surface area contributed by atoms with Gasteiger partial charge in [-0.3, -0.25) is 9.59 Å². The highest BCUT2D eigenvalue weighted by molar-refractivity contribution is 5.81. The first-order chi connectivity index (χ1) is 10.9. The van der Waals surface area contributed by atoms with Crippen LogP contribution in [-0.4, -0.2) is 37.5 Å². The van der Waals surface area contributed by atoms with Crippen LogP contribution in [0, 0.1) is 5.41 Å². The van der Waals surface area contributed by atoms with Crippen molar-refractivity contribution >= 4 is 11.8 Å². The second-order valence-electron chi connectivity index (χ2n) is 7.60. The van der Waals surface area contributed by atoms with Crippen molar-refractivity contribution in [3.63, 3.8) is 0 Å². The van der Waals surface area contributed by atoms with Crippen LogP contribution >= 0.6 is 0 Å². The van der Waals surface area contributed by atoms with Crippen LogP contribution in [0.4, 0.5) is 0 Å². The minimum absolute atomic E-state index is 0.0329. The van der Waals surface area contributed by atoms with Crippen LogP contribution < -0.4 is 16.0 Å². The van der Waals surface area contributed by atoms with Gasteiger partial charge in [-0.05, 0) is 19.3 Å². The van der Waals surface area contributed by atoms with Gasteiger partial charge >= 0.3 is 0 Å². The zero-order valence-electron chi connectivity index (χ0n) is 15.2. The predicted molar refractivity (Wildman–Crippen MR) is 94.2 cm³/mol. The molecule has 0 aliphatic heterocycles. The van der Waals surface area contributed by atoms with Gasteiger partial charge in [-0.25, -0.2) is 0 Å². The molecule has 0 radical (unpaired) electrons. The Morgan fingerprint density at radius 2 is 1.57 bits per heavy atom. The van der Waals surface area contributed by atoms with Gasteiger partial charge < -0.3 is 16.0 Å². The lowest BCUT2D eigenvalue weighted by molar-refractivity contribution is -0.128. The molecule has 5 nitrogen and oxygen atoms in total. The van der Waals surface area contributed by atoms with Gasteiger partial charge in [-0.15, -0.1) is 0 Å². The second kappa shape index (κ2) is 10.6. The van der Waals surface area contributed by atoms with Crippen LogP contribution in [0.25, 0.3) is 0 Å². The van der Waals surface area contributed by atoms with E-state index in [0.29, 0.717) is 32.0 Å². The monoisotopic (exact) mass is 325 g/mol. The molecule has 0 unspecified atom stereocenters. The van der Waals surface area contributed by atoms with Crippen molar-refractivity contribution in [3.05, 3.63) is 0 Å². The molecule has 0 bridgehead atoms. The first-order valence-corrected chi connectivity index (χ1v) is 9.18. The molecule has 3 N–H and O–H groups in total. The highest BCUT2D eigenvalue weighted by Crippen LogP contribution is 2.16. The van der Waals surface area contributed by atoms with Gasteiger partial charge in [0.1, 0.15) is 0 Å². The van der Waals surface area contributed by atoms with E-state index in [-0.39, 0.29) is 17.2 Å². The molecular formula is C18H35N3O2. The third-order valence-corrected chi connectivity index (χ3v) is 4.28. The summed E-state index contributed by atoms with van der Waals surface area (Å²) in [5.41, 5.74) is -0.369. The van der Waals surface area contributed by atoms with E-state index in [9.17, 15) is 9.59 Å². The maximum atomic E-state index is 11.7. The fourth-order valence-electron chi connectivity index (χ4n) is 2.77. The molecule has 0 aromatic rings. The Morgan fingerprint density at radius 1 is 0.913 bits per heavy atom. The maximum Gasteiger partial charge on any atom is 0.225 e. The first kappa shape index (κ1) is 19.9. The standard InChI is InChI=1S/C18H35N3O2/c1-18(2,3)17(23)21-12-8-11-16(22)20-14-13-19-15-9-6-4-5-7-10-15/h15,19H,4-14H2,1-3H3,(H,20,22)(H,21,23). The molecule has 0 aromatic carbocycles. The summed E-state index contributed by atoms with van der Waals surface area (Å²) >= 11 is 0. The van der Waals surface area contributed by atoms with Gasteiger partial charge in [-0.2, -0.15) is 0 Å². The van der Waals surface area contributed by atoms with Crippen LogP contribution in [0.1, 0.15) is 72.1 Å². The normalized spacial score (nSPS) is 16.7. The van der Waals surface area contributed by atoms with Crippen molar-refractivity contribution in [2.75, 3.05) is 19.6 Å². The van der Waals surface area contributed by atoms with Gasteiger partial charge in [0.25, 0.3) is 0 Å². The summed E-state index contributed by atoms with van der Waals surface area (Å²) in [6.07, 6.45) is 9.05. The molecule has 5 heteroatoms. The summed E-state index contributed by atoms with van der Waals surface area (Å²) < 4.78 is 0. The van der Waals surface area contributed by atoms with E-state index in [1.54, 1.807) is 0 Å². The minimum Gasteiger partial charge on any atom is -0.356 e. The number of carbonyl (C=O) groups is 2. The smallest absolute Gasteiger partial charge is 0.225 e. The Kier molecular flexibility index (Phi) is 9.22. The van der Waals surface area contributed by atoms with Gasteiger partial charge in [0.15, 0.2) is 0 Å². The molecule has 23 heavy (non-hydrogen) atoms. The molecule has 1 saturated carbocycles. The first-order valence-electron chi connectivity index (χ1n) is 9.18. The predicted octanol–water partition coefficient (Wildman–Crippen LogP) is 2.36. The zero-order chi connectivity index (χ0) is 17.1. The third kappa shape index (κ3) is 9.59. The molecular weight excluding hydrogens is 290 g/mol. The van der Waals surface area contributed by atoms with Crippen molar-refractivity contribution in [1.29, 1.82) is 0 Å². The summed E-state index contributed by atoms with van der Waals surface area (Å²) in [5.74, 6) is 0.100. The Bertz CT molecular complexity index is 356. The van der Waals surface area contributed by atoms with Crippen LogP contribution in [0.2, 0.25) is 0 Å². The molecule has 134 valence electrons. The fourth-order valence-corrected chi connectivity index (χ4v) is 2.77. The summed E-state index contributed by atoms with van der Waals surface area (Å²) in [4.78, 5) is 23.4. The molecule has 0 saturated heterocycles. The fraction of sp³-hybridized carbons (Fsp3) is 0.889. The molecule has 0 spiro atoms. The van der Waals surface area contributed by atoms with E-state index < -0.39 is 0 Å². The molecule has 0 atom stereocenters. The minimum atomic E-state index is -0.369. The SMILES string of the molecule is CC(C)(C)C(=O)NCCCC(=O)NCCNC1CCCCCC1. The van der Waals surface area contributed by atoms with Gasteiger partial charge in [0.2, 0.25) is 11.8 Å². The molecule has 0 heterocycles. The van der Waals surface area contributed by atoms with E-state index in [1.165, 1.54) is 38.5 Å². The van der Waals surface area contributed by atoms with E-state index in [2.05, 4.69) is 16.0 Å². The number of amides is 2. The molecule has 0 aromatic heterocycles. The summed E-state index contributed by atoms with van der Waals surface area (Å²) in [5, 5.41) is 9.35. The Balaban J connectivity index is 1.98. The van der Waals surface area contributed by atoms with E-state index in [1.807, 2.05) is 20.8 Å². The van der Waals surface area contributed by atoms with Gasteiger partial charge in [-0.1, -0.05) is 46.5 Å². The largest absolute Gasteiger partial charge is 0.356 e. The number of hydrogen-bond acceptors (Lipinski definition) is 3. The van der Waals surface area contributed by atoms with Crippen molar-refractivity contribution in [1.82, 2.24) is 16.0 Å². The Labute approximate surface area is 141 Å². The highest BCUT2D eigenvalue weighted by atomic mass is 16.2. The van der Waals surface area contributed by atoms with Crippen molar-refractivity contribution < 1.29 is 9.59 Å². The number of nitrogens with one attached hydrogen (secondary N) is 3. The number of rotatable bonds is 8. The number of carbonyl (C=O) groups excluding carboxylic acids is 2. The lowest BCUT2D eigenvalue weighted by Crippen LogP contribution is -2.37. The van der Waals surface area contributed by atoms with Crippen LogP contribution in [-0.2, 0) is 9.59 Å². The summed E-state index contributed by atoms with van der Waals surface area (Å²) in [6.45, 7) is 7.74. The quantitative estimate of drug-likeness (QED) is 0.474. The lowest BCUT2D eigenvalue weighted by Gasteiger charge is -2.17.